The lowest BCUT2D eigenvalue weighted by molar-refractivity contribution is 0.166. The summed E-state index contributed by atoms with van der Waals surface area (Å²) in [4.78, 5) is 12.8. The average Bonchev–Trinajstić information content (AvgIpc) is 2.73. The fraction of sp³-hybridized carbons (Fsp3) is 0.636. The molecule has 1 aliphatic heterocycles. The molecule has 0 spiro atoms. The molecule has 2 rings (SSSR count). The molecule has 0 bridgehead atoms. The quantitative estimate of drug-likeness (QED) is 0.772. The molecule has 0 aliphatic carbocycles. The highest BCUT2D eigenvalue weighted by Gasteiger charge is 2.38. The number of carbonyl (C=O) groups is 1. The van der Waals surface area contributed by atoms with Crippen LogP contribution in [-0.4, -0.2) is 28.6 Å². The molecule has 1 aromatic heterocycles. The van der Waals surface area contributed by atoms with Crippen LogP contribution < -0.4 is 10.2 Å². The van der Waals surface area contributed by atoms with E-state index in [4.69, 9.17) is 4.52 Å². The lowest BCUT2D eigenvalue weighted by Crippen LogP contribution is -2.35. The standard InChI is InChI=1S/C11H17N3O3/c1-6-9(15)14(10(16)12-6)8-5-7(17-13-8)11(2,3)4/h5-6,9,15H,1-4H3,(H,12,16). The van der Waals surface area contributed by atoms with Crippen molar-refractivity contribution in [3.63, 3.8) is 0 Å². The molecule has 1 aromatic rings. The molecule has 2 atom stereocenters. The molecule has 0 radical (unpaired) electrons. The predicted octanol–water partition coefficient (Wildman–Crippen LogP) is 1.21. The highest BCUT2D eigenvalue weighted by molar-refractivity contribution is 5.94. The molecule has 6 heteroatoms. The van der Waals surface area contributed by atoms with Crippen LogP contribution in [0.5, 0.6) is 0 Å². The van der Waals surface area contributed by atoms with Gasteiger partial charge in [-0.1, -0.05) is 25.9 Å². The van der Waals surface area contributed by atoms with E-state index in [0.717, 1.165) is 0 Å². The molecule has 2 N–H and O–H groups in total. The minimum Gasteiger partial charge on any atom is -0.371 e. The number of anilines is 1. The van der Waals surface area contributed by atoms with E-state index in [1.807, 2.05) is 20.8 Å². The monoisotopic (exact) mass is 239 g/mol. The molecule has 0 aromatic carbocycles. The van der Waals surface area contributed by atoms with Gasteiger partial charge >= 0.3 is 6.03 Å². The Balaban J connectivity index is 2.29. The summed E-state index contributed by atoms with van der Waals surface area (Å²) in [7, 11) is 0. The maximum Gasteiger partial charge on any atom is 0.325 e. The normalized spacial score (nSPS) is 25.2. The van der Waals surface area contributed by atoms with Crippen molar-refractivity contribution < 1.29 is 14.4 Å². The van der Waals surface area contributed by atoms with E-state index in [2.05, 4.69) is 10.5 Å². The second-order valence-corrected chi connectivity index (χ2v) is 5.32. The fourth-order valence-electron chi connectivity index (χ4n) is 1.66. The number of carbonyl (C=O) groups excluding carboxylic acids is 1. The van der Waals surface area contributed by atoms with Crippen molar-refractivity contribution in [1.82, 2.24) is 10.5 Å². The zero-order chi connectivity index (χ0) is 12.8. The molecule has 1 aliphatic rings. The summed E-state index contributed by atoms with van der Waals surface area (Å²) in [6, 6.07) is 0.997. The second-order valence-electron chi connectivity index (χ2n) is 5.32. The zero-order valence-corrected chi connectivity index (χ0v) is 10.4. The first-order valence-corrected chi connectivity index (χ1v) is 5.55. The number of urea groups is 1. The number of amides is 2. The number of nitrogens with zero attached hydrogens (tertiary/aromatic N) is 2. The van der Waals surface area contributed by atoms with Crippen LogP contribution in [0.4, 0.5) is 10.6 Å². The summed E-state index contributed by atoms with van der Waals surface area (Å²) in [5.41, 5.74) is -0.183. The van der Waals surface area contributed by atoms with Gasteiger partial charge in [-0.3, -0.25) is 0 Å². The third-order valence-electron chi connectivity index (χ3n) is 2.77. The topological polar surface area (TPSA) is 78.6 Å². The van der Waals surface area contributed by atoms with Crippen molar-refractivity contribution in [2.75, 3.05) is 4.90 Å². The Bertz CT molecular complexity index is 435. The van der Waals surface area contributed by atoms with Crippen LogP contribution in [0.25, 0.3) is 0 Å². The Morgan fingerprint density at radius 1 is 1.53 bits per heavy atom. The second kappa shape index (κ2) is 3.73. The molecular weight excluding hydrogens is 222 g/mol. The molecule has 1 fully saturated rings. The van der Waals surface area contributed by atoms with E-state index in [1.165, 1.54) is 4.90 Å². The summed E-state index contributed by atoms with van der Waals surface area (Å²) >= 11 is 0. The van der Waals surface area contributed by atoms with Gasteiger partial charge in [0.05, 0.1) is 6.04 Å². The third kappa shape index (κ3) is 2.00. The van der Waals surface area contributed by atoms with Crippen LogP contribution in [0, 0.1) is 0 Å². The number of aromatic nitrogens is 1. The molecular formula is C11H17N3O3. The first kappa shape index (κ1) is 11.9. The van der Waals surface area contributed by atoms with Crippen LogP contribution in [-0.2, 0) is 5.41 Å². The fourth-order valence-corrected chi connectivity index (χ4v) is 1.66. The number of nitrogens with one attached hydrogen (secondary N) is 1. The average molecular weight is 239 g/mol. The van der Waals surface area contributed by atoms with Gasteiger partial charge in [0, 0.05) is 11.5 Å². The minimum absolute atomic E-state index is 0.183. The van der Waals surface area contributed by atoms with Crippen LogP contribution in [0.2, 0.25) is 0 Å². The molecule has 6 nitrogen and oxygen atoms in total. The Hall–Kier alpha value is -1.56. The SMILES string of the molecule is CC1NC(=O)N(c2cc(C(C)(C)C)on2)C1O. The Morgan fingerprint density at radius 2 is 2.18 bits per heavy atom. The van der Waals surface area contributed by atoms with Crippen molar-refractivity contribution >= 4 is 11.8 Å². The van der Waals surface area contributed by atoms with E-state index >= 15 is 0 Å². The summed E-state index contributed by atoms with van der Waals surface area (Å²) in [5.74, 6) is 1.01. The van der Waals surface area contributed by atoms with Gasteiger partial charge in [-0.2, -0.15) is 0 Å². The largest absolute Gasteiger partial charge is 0.371 e. The van der Waals surface area contributed by atoms with Gasteiger partial charge in [-0.25, -0.2) is 9.69 Å². The van der Waals surface area contributed by atoms with E-state index in [9.17, 15) is 9.90 Å². The lowest BCUT2D eigenvalue weighted by Gasteiger charge is -2.16. The minimum atomic E-state index is -0.916. The maximum absolute atomic E-state index is 11.6. The van der Waals surface area contributed by atoms with Gasteiger partial charge in [0.25, 0.3) is 0 Å². The van der Waals surface area contributed by atoms with Gasteiger partial charge in [0.15, 0.2) is 12.0 Å². The first-order chi connectivity index (χ1) is 7.80. The van der Waals surface area contributed by atoms with Gasteiger partial charge < -0.3 is 14.9 Å². The predicted molar refractivity (Wildman–Crippen MR) is 61.7 cm³/mol. The highest BCUT2D eigenvalue weighted by atomic mass is 16.5. The highest BCUT2D eigenvalue weighted by Crippen LogP contribution is 2.28. The smallest absolute Gasteiger partial charge is 0.325 e. The lowest BCUT2D eigenvalue weighted by atomic mass is 9.93. The van der Waals surface area contributed by atoms with E-state index in [1.54, 1.807) is 13.0 Å². The summed E-state index contributed by atoms with van der Waals surface area (Å²) in [5, 5.41) is 16.3. The molecule has 1 saturated heterocycles. The van der Waals surface area contributed by atoms with Crippen molar-refractivity contribution in [1.29, 1.82) is 0 Å². The Kier molecular flexibility index (Phi) is 2.61. The van der Waals surface area contributed by atoms with Crippen LogP contribution in [0.1, 0.15) is 33.5 Å². The summed E-state index contributed by atoms with van der Waals surface area (Å²) in [6.07, 6.45) is -0.916. The van der Waals surface area contributed by atoms with Crippen molar-refractivity contribution in [2.45, 2.75) is 45.4 Å². The van der Waals surface area contributed by atoms with Gasteiger partial charge in [0.1, 0.15) is 5.76 Å². The van der Waals surface area contributed by atoms with Crippen LogP contribution >= 0.6 is 0 Å². The number of hydrogen-bond donors (Lipinski definition) is 2. The van der Waals surface area contributed by atoms with E-state index in [-0.39, 0.29) is 17.5 Å². The number of aliphatic hydroxyl groups is 1. The molecule has 94 valence electrons. The molecule has 17 heavy (non-hydrogen) atoms. The van der Waals surface area contributed by atoms with E-state index in [0.29, 0.717) is 11.6 Å². The number of rotatable bonds is 1. The Morgan fingerprint density at radius 3 is 2.59 bits per heavy atom. The summed E-state index contributed by atoms with van der Waals surface area (Å²) in [6.45, 7) is 7.69. The summed E-state index contributed by atoms with van der Waals surface area (Å²) < 4.78 is 5.19. The Labute approximate surface area is 99.6 Å². The molecule has 2 heterocycles. The van der Waals surface area contributed by atoms with Gasteiger partial charge in [0.2, 0.25) is 0 Å². The van der Waals surface area contributed by atoms with Gasteiger partial charge in [-0.15, -0.1) is 0 Å². The molecule has 2 amide bonds. The molecule has 0 saturated carbocycles. The maximum atomic E-state index is 11.6. The van der Waals surface area contributed by atoms with E-state index < -0.39 is 6.23 Å². The van der Waals surface area contributed by atoms with Crippen LogP contribution in [0.15, 0.2) is 10.6 Å². The van der Waals surface area contributed by atoms with Gasteiger partial charge in [-0.05, 0) is 6.92 Å². The zero-order valence-electron chi connectivity index (χ0n) is 10.4. The van der Waals surface area contributed by atoms with Crippen molar-refractivity contribution in [3.8, 4) is 0 Å². The third-order valence-corrected chi connectivity index (χ3v) is 2.77. The van der Waals surface area contributed by atoms with Crippen molar-refractivity contribution in [3.05, 3.63) is 11.8 Å². The van der Waals surface area contributed by atoms with Crippen LogP contribution in [0.3, 0.4) is 0 Å². The van der Waals surface area contributed by atoms with Crippen molar-refractivity contribution in [2.24, 2.45) is 0 Å². The number of aliphatic hydroxyl groups excluding tert-OH is 1. The first-order valence-electron chi connectivity index (χ1n) is 5.55. The molecule has 2 unspecified atom stereocenters. The number of hydrogen-bond acceptors (Lipinski definition) is 4.